The smallest absolute Gasteiger partial charge is 0.0404 e. The molecule has 0 unspecified atom stereocenters. The summed E-state index contributed by atoms with van der Waals surface area (Å²) in [6.45, 7) is 10.6. The van der Waals surface area contributed by atoms with Crippen molar-refractivity contribution in [2.45, 2.75) is 6.92 Å². The highest BCUT2D eigenvalue weighted by atomic mass is 13.7. The SMILES string of the molecule is [CH]=C/C=C/C(=C)C. The van der Waals surface area contributed by atoms with Gasteiger partial charge in [-0.2, -0.15) is 0 Å². The third-order valence-electron chi connectivity index (χ3n) is 0.492. The predicted octanol–water partition coefficient (Wildman–Crippen LogP) is 2.11. The van der Waals surface area contributed by atoms with E-state index in [2.05, 4.69) is 6.58 Å². The molecule has 0 saturated heterocycles. The molecule has 0 aliphatic heterocycles. The van der Waals surface area contributed by atoms with Crippen molar-refractivity contribution in [2.24, 2.45) is 0 Å². The van der Waals surface area contributed by atoms with Crippen molar-refractivity contribution < 1.29 is 0 Å². The van der Waals surface area contributed by atoms with Gasteiger partial charge < -0.3 is 0 Å². The second-order valence-electron chi connectivity index (χ2n) is 1.40. The summed E-state index contributed by atoms with van der Waals surface area (Å²) in [5, 5.41) is 0. The van der Waals surface area contributed by atoms with Gasteiger partial charge in [-0.3, -0.25) is 0 Å². The zero-order chi connectivity index (χ0) is 5.70. The van der Waals surface area contributed by atoms with Crippen LogP contribution in [-0.4, -0.2) is 0 Å². The summed E-state index contributed by atoms with van der Waals surface area (Å²) in [6, 6.07) is 0. The van der Waals surface area contributed by atoms with Crippen molar-refractivity contribution >= 4 is 0 Å². The van der Waals surface area contributed by atoms with Crippen LogP contribution in [0.25, 0.3) is 0 Å². The van der Waals surface area contributed by atoms with Crippen LogP contribution in [0.3, 0.4) is 0 Å². The van der Waals surface area contributed by atoms with Gasteiger partial charge in [0.25, 0.3) is 0 Å². The maximum atomic E-state index is 5.02. The summed E-state index contributed by atoms with van der Waals surface area (Å²) in [5.74, 6) is 0. The van der Waals surface area contributed by atoms with E-state index in [9.17, 15) is 0 Å². The Morgan fingerprint density at radius 3 is 2.43 bits per heavy atom. The molecule has 0 amide bonds. The van der Waals surface area contributed by atoms with Crippen LogP contribution >= 0.6 is 0 Å². The largest absolute Gasteiger partial charge is 0.0961 e. The Balaban J connectivity index is 3.46. The molecule has 0 aliphatic carbocycles. The van der Waals surface area contributed by atoms with Crippen LogP contribution in [0.4, 0.5) is 0 Å². The van der Waals surface area contributed by atoms with Crippen molar-refractivity contribution in [2.75, 3.05) is 0 Å². The van der Waals surface area contributed by atoms with Gasteiger partial charge in [0.05, 0.1) is 0 Å². The average Bonchev–Trinajstić information content (AvgIpc) is 1.61. The van der Waals surface area contributed by atoms with Crippen LogP contribution in [0.2, 0.25) is 0 Å². The monoisotopic (exact) mass is 93.1 g/mol. The first-order valence-corrected chi connectivity index (χ1v) is 2.14. The van der Waals surface area contributed by atoms with Gasteiger partial charge in [0.1, 0.15) is 0 Å². The van der Waals surface area contributed by atoms with Crippen LogP contribution in [0.5, 0.6) is 0 Å². The molecule has 0 aromatic rings. The van der Waals surface area contributed by atoms with E-state index in [0.29, 0.717) is 0 Å². The third-order valence-corrected chi connectivity index (χ3v) is 0.492. The molecule has 0 heterocycles. The van der Waals surface area contributed by atoms with Gasteiger partial charge in [-0.1, -0.05) is 37.0 Å². The van der Waals surface area contributed by atoms with Gasteiger partial charge in [-0.15, -0.1) is 0 Å². The lowest BCUT2D eigenvalue weighted by Gasteiger charge is -1.77. The number of hydrogen-bond donors (Lipinski definition) is 0. The number of hydrogen-bond acceptors (Lipinski definition) is 0. The van der Waals surface area contributed by atoms with Crippen LogP contribution in [0.1, 0.15) is 6.92 Å². The minimum absolute atomic E-state index is 1.02. The molecule has 0 aromatic carbocycles. The molecule has 0 heteroatoms. The fraction of sp³-hybridized carbons (Fsp3) is 0.143. The summed E-state index contributed by atoms with van der Waals surface area (Å²) >= 11 is 0. The van der Waals surface area contributed by atoms with E-state index >= 15 is 0 Å². The van der Waals surface area contributed by atoms with E-state index < -0.39 is 0 Å². The van der Waals surface area contributed by atoms with E-state index in [1.807, 2.05) is 13.0 Å². The highest BCUT2D eigenvalue weighted by Crippen LogP contribution is 1.86. The molecule has 0 saturated carbocycles. The Morgan fingerprint density at radius 1 is 1.71 bits per heavy atom. The van der Waals surface area contributed by atoms with E-state index in [1.165, 1.54) is 6.08 Å². The first kappa shape index (κ1) is 6.22. The summed E-state index contributed by atoms with van der Waals surface area (Å²) < 4.78 is 0. The van der Waals surface area contributed by atoms with Gasteiger partial charge in [0.15, 0.2) is 0 Å². The summed E-state index contributed by atoms with van der Waals surface area (Å²) in [7, 11) is 0. The van der Waals surface area contributed by atoms with Gasteiger partial charge in [0.2, 0.25) is 0 Å². The third kappa shape index (κ3) is 5.22. The molecule has 0 nitrogen and oxygen atoms in total. The highest BCUT2D eigenvalue weighted by Gasteiger charge is 1.65. The van der Waals surface area contributed by atoms with Crippen LogP contribution in [0, 0.1) is 6.58 Å². The fourth-order valence-electron chi connectivity index (χ4n) is 0.220. The molecule has 1 radical (unpaired) electrons. The average molecular weight is 93.1 g/mol. The first-order valence-electron chi connectivity index (χ1n) is 2.14. The second kappa shape index (κ2) is 3.41. The molecule has 0 rings (SSSR count). The van der Waals surface area contributed by atoms with Crippen molar-refractivity contribution in [1.82, 2.24) is 0 Å². The maximum absolute atomic E-state index is 5.02. The Bertz CT molecular complexity index is 96.6. The molecule has 0 bridgehead atoms. The summed E-state index contributed by atoms with van der Waals surface area (Å²) in [5.41, 5.74) is 1.02. The highest BCUT2D eigenvalue weighted by molar-refractivity contribution is 5.14. The van der Waals surface area contributed by atoms with Crippen LogP contribution < -0.4 is 0 Å². The molecule has 0 spiro atoms. The second-order valence-corrected chi connectivity index (χ2v) is 1.40. The molecule has 0 aromatic heterocycles. The lowest BCUT2D eigenvalue weighted by molar-refractivity contribution is 1.56. The Kier molecular flexibility index (Phi) is 3.03. The number of rotatable bonds is 2. The van der Waals surface area contributed by atoms with Crippen LogP contribution in [-0.2, 0) is 0 Å². The zero-order valence-electron chi connectivity index (χ0n) is 4.52. The van der Waals surface area contributed by atoms with E-state index in [0.717, 1.165) is 5.57 Å². The zero-order valence-corrected chi connectivity index (χ0v) is 4.52. The van der Waals surface area contributed by atoms with Crippen molar-refractivity contribution in [3.63, 3.8) is 0 Å². The number of allylic oxidation sites excluding steroid dienone is 4. The minimum atomic E-state index is 1.02. The van der Waals surface area contributed by atoms with Crippen LogP contribution in [0.15, 0.2) is 30.4 Å². The summed E-state index contributed by atoms with van der Waals surface area (Å²) in [4.78, 5) is 0. The van der Waals surface area contributed by atoms with Crippen molar-refractivity contribution in [1.29, 1.82) is 0 Å². The summed E-state index contributed by atoms with van der Waals surface area (Å²) in [6.07, 6.45) is 5.08. The van der Waals surface area contributed by atoms with Crippen molar-refractivity contribution in [3.8, 4) is 0 Å². The van der Waals surface area contributed by atoms with Gasteiger partial charge in [0, 0.05) is 0 Å². The predicted molar refractivity (Wildman–Crippen MR) is 32.8 cm³/mol. The van der Waals surface area contributed by atoms with Gasteiger partial charge in [-0.05, 0) is 6.92 Å². The van der Waals surface area contributed by atoms with Gasteiger partial charge >= 0.3 is 0 Å². The van der Waals surface area contributed by atoms with E-state index in [-0.39, 0.29) is 0 Å². The lowest BCUT2D eigenvalue weighted by atomic mass is 10.3. The minimum Gasteiger partial charge on any atom is -0.0961 e. The molecular weight excluding hydrogens is 84.1 g/mol. The van der Waals surface area contributed by atoms with E-state index in [1.54, 1.807) is 6.08 Å². The Labute approximate surface area is 44.9 Å². The van der Waals surface area contributed by atoms with E-state index in [4.69, 9.17) is 6.58 Å². The lowest BCUT2D eigenvalue weighted by Crippen LogP contribution is -1.55. The molecule has 0 aliphatic rings. The van der Waals surface area contributed by atoms with Crippen molar-refractivity contribution in [3.05, 3.63) is 37.0 Å². The van der Waals surface area contributed by atoms with Gasteiger partial charge in [-0.25, -0.2) is 0 Å². The molecular formula is C7H9. The topological polar surface area (TPSA) is 0 Å². The first-order chi connectivity index (χ1) is 3.27. The fourth-order valence-corrected chi connectivity index (χ4v) is 0.220. The molecule has 37 valence electrons. The Morgan fingerprint density at radius 2 is 2.29 bits per heavy atom. The molecule has 0 N–H and O–H groups in total. The quantitative estimate of drug-likeness (QED) is 0.459. The Hall–Kier alpha value is -0.780. The molecule has 0 atom stereocenters. The molecule has 0 fully saturated rings. The maximum Gasteiger partial charge on any atom is -0.0404 e. The molecule has 7 heavy (non-hydrogen) atoms. The normalized spacial score (nSPS) is 9.29. The standard InChI is InChI=1S/C7H9/c1-4-5-6-7(2)3/h1,4-6H,2H2,3H3/b4-1?,6-5+.